The summed E-state index contributed by atoms with van der Waals surface area (Å²) in [6.45, 7) is 6.46. The lowest BCUT2D eigenvalue weighted by Gasteiger charge is -2.58. The number of carbonyl (C=O) groups is 1. The molecule has 4 aliphatic rings. The number of fused-ring (bicyclic) bond motifs is 5. The van der Waals surface area contributed by atoms with Crippen LogP contribution in [0.3, 0.4) is 0 Å². The van der Waals surface area contributed by atoms with Gasteiger partial charge in [0, 0.05) is 30.5 Å². The van der Waals surface area contributed by atoms with E-state index in [4.69, 9.17) is 15.5 Å². The Hall–Kier alpha value is -3.64. The van der Waals surface area contributed by atoms with Crippen LogP contribution in [0.25, 0.3) is 11.1 Å². The topological polar surface area (TPSA) is 113 Å². The molecule has 1 aromatic heterocycles. The van der Waals surface area contributed by atoms with Gasteiger partial charge in [-0.25, -0.2) is 4.98 Å². The fraction of sp³-hybridized carbons (Fsp3) is 0.529. The van der Waals surface area contributed by atoms with Crippen LogP contribution in [0.1, 0.15) is 94.9 Å². The van der Waals surface area contributed by atoms with E-state index in [2.05, 4.69) is 38.1 Å². The number of anilines is 1. The van der Waals surface area contributed by atoms with Crippen LogP contribution in [0.2, 0.25) is 0 Å². The van der Waals surface area contributed by atoms with E-state index < -0.39 is 0 Å². The number of nitrogens with zero attached hydrogens (tertiary/aromatic N) is 3. The molecule has 206 valence electrons. The maximum Gasteiger partial charge on any atom is 0.302 e. The third kappa shape index (κ3) is 4.12. The third-order valence-corrected chi connectivity index (χ3v) is 11.3. The molecule has 0 amide bonds. The standard InChI is InChI=1S/C34H38N4O2/c1-20(39)40-24-12-14-33(2)23(16-24)8-9-25-28-10-11-30(34(28,3)15-13-29(25)33)31-17-26(27(19-36)32(37)38-31)22-6-4-21(18-35)5-7-22/h4-8,17,24-25,28-30H,9-16H2,1-3H3,(H2,37,38)/t24-,25-,28-,29-,30+,33-,34-/m0/s1. The van der Waals surface area contributed by atoms with Crippen molar-refractivity contribution in [1.29, 1.82) is 10.5 Å². The van der Waals surface area contributed by atoms with E-state index in [0.29, 0.717) is 40.6 Å². The van der Waals surface area contributed by atoms with Gasteiger partial charge >= 0.3 is 5.97 Å². The van der Waals surface area contributed by atoms with Crippen LogP contribution in [0, 0.1) is 51.2 Å². The third-order valence-electron chi connectivity index (χ3n) is 11.3. The molecule has 0 unspecified atom stereocenters. The van der Waals surface area contributed by atoms with Crippen molar-refractivity contribution in [3.8, 4) is 23.3 Å². The molecule has 6 nitrogen and oxygen atoms in total. The summed E-state index contributed by atoms with van der Waals surface area (Å²) in [5.41, 5.74) is 11.9. The Kier molecular flexibility index (Phi) is 6.49. The number of hydrogen-bond acceptors (Lipinski definition) is 6. The van der Waals surface area contributed by atoms with E-state index >= 15 is 0 Å². The highest BCUT2D eigenvalue weighted by Gasteiger charge is 2.59. The molecule has 0 spiro atoms. The maximum atomic E-state index is 11.6. The van der Waals surface area contributed by atoms with Gasteiger partial charge in [0.1, 0.15) is 23.6 Å². The molecule has 3 fully saturated rings. The van der Waals surface area contributed by atoms with E-state index in [1.54, 1.807) is 12.1 Å². The number of hydrogen-bond donors (Lipinski definition) is 1. The summed E-state index contributed by atoms with van der Waals surface area (Å²) in [5.74, 6) is 2.35. The number of carbonyl (C=O) groups excluding carboxylic acids is 1. The van der Waals surface area contributed by atoms with Crippen molar-refractivity contribution in [2.45, 2.75) is 84.2 Å². The van der Waals surface area contributed by atoms with Crippen molar-refractivity contribution < 1.29 is 9.53 Å². The van der Waals surface area contributed by atoms with Crippen molar-refractivity contribution in [1.82, 2.24) is 4.98 Å². The first-order valence-corrected chi connectivity index (χ1v) is 14.8. The molecule has 0 saturated heterocycles. The Morgan fingerprint density at radius 1 is 1.05 bits per heavy atom. The van der Waals surface area contributed by atoms with Crippen LogP contribution in [-0.4, -0.2) is 17.1 Å². The van der Waals surface area contributed by atoms with Gasteiger partial charge in [0.15, 0.2) is 0 Å². The zero-order valence-electron chi connectivity index (χ0n) is 23.7. The number of nitrogen functional groups attached to an aromatic ring is 1. The minimum Gasteiger partial charge on any atom is -0.462 e. The highest BCUT2D eigenvalue weighted by Crippen LogP contribution is 2.68. The molecule has 2 aromatic rings. The maximum absolute atomic E-state index is 11.6. The van der Waals surface area contributed by atoms with E-state index in [9.17, 15) is 15.3 Å². The molecule has 0 aliphatic heterocycles. The summed E-state index contributed by atoms with van der Waals surface area (Å²) in [6, 6.07) is 13.9. The minimum absolute atomic E-state index is 0.0244. The SMILES string of the molecule is CC(=O)O[C@H]1CC[C@@]2(C)C(=CC[C@H]3[C@@H]4CC[C@H](c5cc(-c6ccc(C#N)cc6)c(C#N)c(N)n5)[C@@]4(C)CC[C@@H]32)C1. The van der Waals surface area contributed by atoms with E-state index in [0.717, 1.165) is 55.3 Å². The zero-order valence-corrected chi connectivity index (χ0v) is 23.7. The predicted molar refractivity (Wildman–Crippen MR) is 154 cm³/mol. The van der Waals surface area contributed by atoms with Gasteiger partial charge < -0.3 is 10.5 Å². The van der Waals surface area contributed by atoms with Gasteiger partial charge in [0.25, 0.3) is 0 Å². The fourth-order valence-electron chi connectivity index (χ4n) is 9.28. The van der Waals surface area contributed by atoms with E-state index in [1.807, 2.05) is 12.1 Å². The largest absolute Gasteiger partial charge is 0.462 e. The molecule has 40 heavy (non-hydrogen) atoms. The van der Waals surface area contributed by atoms with Gasteiger partial charge in [-0.15, -0.1) is 0 Å². The Bertz CT molecular complexity index is 1460. The van der Waals surface area contributed by atoms with Crippen molar-refractivity contribution in [3.63, 3.8) is 0 Å². The van der Waals surface area contributed by atoms with Crippen molar-refractivity contribution in [3.05, 3.63) is 58.8 Å². The molecule has 0 radical (unpaired) electrons. The van der Waals surface area contributed by atoms with Gasteiger partial charge in [0.05, 0.1) is 11.6 Å². The van der Waals surface area contributed by atoms with Crippen molar-refractivity contribution in [2.24, 2.45) is 28.6 Å². The van der Waals surface area contributed by atoms with Crippen LogP contribution in [0.15, 0.2) is 42.0 Å². The number of aromatic nitrogens is 1. The lowest BCUT2D eigenvalue weighted by molar-refractivity contribution is -0.148. The summed E-state index contributed by atoms with van der Waals surface area (Å²) in [4.78, 5) is 16.4. The molecule has 1 heterocycles. The van der Waals surface area contributed by atoms with Crippen LogP contribution >= 0.6 is 0 Å². The molecule has 3 saturated carbocycles. The molecule has 2 N–H and O–H groups in total. The second kappa shape index (κ2) is 9.77. The van der Waals surface area contributed by atoms with Crippen LogP contribution in [0.4, 0.5) is 5.82 Å². The van der Waals surface area contributed by atoms with Gasteiger partial charge in [-0.1, -0.05) is 37.6 Å². The number of nitrogens with two attached hydrogens (primary N) is 1. The van der Waals surface area contributed by atoms with E-state index in [1.165, 1.54) is 25.3 Å². The highest BCUT2D eigenvalue weighted by molar-refractivity contribution is 5.76. The Morgan fingerprint density at radius 2 is 1.82 bits per heavy atom. The summed E-state index contributed by atoms with van der Waals surface area (Å²) in [6.07, 6.45) is 11.2. The zero-order chi connectivity index (χ0) is 28.2. The smallest absolute Gasteiger partial charge is 0.302 e. The monoisotopic (exact) mass is 534 g/mol. The molecule has 4 aliphatic carbocycles. The second-order valence-electron chi connectivity index (χ2n) is 13.1. The number of benzene rings is 1. The minimum atomic E-state index is -0.173. The Morgan fingerprint density at radius 3 is 2.52 bits per heavy atom. The number of rotatable bonds is 3. The van der Waals surface area contributed by atoms with Crippen molar-refractivity contribution in [2.75, 3.05) is 5.73 Å². The lowest BCUT2D eigenvalue weighted by Crippen LogP contribution is -2.50. The van der Waals surface area contributed by atoms with Gasteiger partial charge in [-0.05, 0) is 97.3 Å². The number of esters is 1. The predicted octanol–water partition coefficient (Wildman–Crippen LogP) is 7.05. The van der Waals surface area contributed by atoms with Crippen LogP contribution < -0.4 is 5.73 Å². The number of nitriles is 2. The first-order chi connectivity index (χ1) is 19.2. The highest BCUT2D eigenvalue weighted by atomic mass is 16.5. The van der Waals surface area contributed by atoms with Gasteiger partial charge in [-0.3, -0.25) is 4.79 Å². The summed E-state index contributed by atoms with van der Waals surface area (Å²) in [7, 11) is 0. The molecule has 7 atom stereocenters. The molecular formula is C34H38N4O2. The van der Waals surface area contributed by atoms with Crippen LogP contribution in [-0.2, 0) is 9.53 Å². The first kappa shape index (κ1) is 26.6. The summed E-state index contributed by atoms with van der Waals surface area (Å²) < 4.78 is 5.62. The number of ether oxygens (including phenoxy) is 1. The van der Waals surface area contributed by atoms with Crippen molar-refractivity contribution >= 4 is 11.8 Å². The number of pyridine rings is 1. The Labute approximate surface area is 237 Å². The molecule has 1 aromatic carbocycles. The molecule has 6 heteroatoms. The van der Waals surface area contributed by atoms with E-state index in [-0.39, 0.29) is 22.9 Å². The van der Waals surface area contributed by atoms with Crippen LogP contribution in [0.5, 0.6) is 0 Å². The summed E-state index contributed by atoms with van der Waals surface area (Å²) in [5, 5.41) is 19.1. The first-order valence-electron chi connectivity index (χ1n) is 14.8. The quantitative estimate of drug-likeness (QED) is 0.333. The fourth-order valence-corrected chi connectivity index (χ4v) is 9.28. The molecular weight excluding hydrogens is 496 g/mol. The normalized spacial score (nSPS) is 34.3. The molecule has 0 bridgehead atoms. The summed E-state index contributed by atoms with van der Waals surface area (Å²) >= 11 is 0. The second-order valence-corrected chi connectivity index (χ2v) is 13.1. The Balaban J connectivity index is 1.31. The van der Waals surface area contributed by atoms with Gasteiger partial charge in [-0.2, -0.15) is 10.5 Å². The average molecular weight is 535 g/mol. The van der Waals surface area contributed by atoms with Gasteiger partial charge in [0.2, 0.25) is 0 Å². The number of allylic oxidation sites excluding steroid dienone is 1. The average Bonchev–Trinajstić information content (AvgIpc) is 3.30. The molecule has 6 rings (SSSR count). The lowest BCUT2D eigenvalue weighted by atomic mass is 9.47.